The van der Waals surface area contributed by atoms with Crippen LogP contribution < -0.4 is 4.90 Å². The van der Waals surface area contributed by atoms with Crippen LogP contribution in [0.1, 0.15) is 18.4 Å². The Balaban J connectivity index is 1.33. The van der Waals surface area contributed by atoms with E-state index in [0.717, 1.165) is 11.4 Å². The van der Waals surface area contributed by atoms with E-state index in [1.54, 1.807) is 0 Å². The zero-order valence-electron chi connectivity index (χ0n) is 25.5. The molecule has 218 valence electrons. The van der Waals surface area contributed by atoms with Gasteiger partial charge in [0.15, 0.2) is 0 Å². The van der Waals surface area contributed by atoms with Gasteiger partial charge in [-0.15, -0.1) is 0 Å². The molecule has 0 fully saturated rings. The molecule has 3 nitrogen and oxygen atoms in total. The van der Waals surface area contributed by atoms with E-state index in [0.29, 0.717) is 0 Å². The number of anilines is 2. The first kappa shape index (κ1) is 25.5. The molecule has 2 aromatic heterocycles. The molecule has 2 atom stereocenters. The number of nitrogens with zero attached hydrogens (tertiary/aromatic N) is 3. The highest BCUT2D eigenvalue weighted by Crippen LogP contribution is 2.54. The minimum Gasteiger partial charge on any atom is -0.331 e. The number of hydrogen-bond acceptors (Lipinski definition) is 1. The van der Waals surface area contributed by atoms with Crippen LogP contribution in [0.25, 0.3) is 55.0 Å². The first-order chi connectivity index (χ1) is 22.7. The molecule has 0 spiro atoms. The molecular formula is C43H31N3. The molecule has 6 aromatic carbocycles. The van der Waals surface area contributed by atoms with Gasteiger partial charge in [0.05, 0.1) is 39.0 Å². The number of aromatic nitrogens is 2. The van der Waals surface area contributed by atoms with Gasteiger partial charge in [0.25, 0.3) is 0 Å². The monoisotopic (exact) mass is 589 g/mol. The summed E-state index contributed by atoms with van der Waals surface area (Å²) >= 11 is 0. The van der Waals surface area contributed by atoms with Crippen LogP contribution in [0, 0.1) is 0 Å². The molecule has 0 saturated carbocycles. The molecule has 46 heavy (non-hydrogen) atoms. The van der Waals surface area contributed by atoms with Crippen molar-refractivity contribution in [3.8, 4) is 11.4 Å². The second kappa shape index (κ2) is 9.35. The number of benzene rings is 6. The first-order valence-corrected chi connectivity index (χ1v) is 16.1. The van der Waals surface area contributed by atoms with Crippen molar-refractivity contribution in [3.63, 3.8) is 0 Å². The summed E-state index contributed by atoms with van der Waals surface area (Å²) in [5, 5.41) is 5.06. The van der Waals surface area contributed by atoms with Crippen LogP contribution in [-0.2, 0) is 0 Å². The van der Waals surface area contributed by atoms with Crippen LogP contribution in [0.3, 0.4) is 0 Å². The molecule has 0 radical (unpaired) electrons. The molecule has 0 N–H and O–H groups in total. The Morgan fingerprint density at radius 1 is 0.478 bits per heavy atom. The van der Waals surface area contributed by atoms with Gasteiger partial charge in [0.2, 0.25) is 0 Å². The fraction of sp³-hybridized carbons (Fsp3) is 0.0698. The van der Waals surface area contributed by atoms with Crippen LogP contribution >= 0.6 is 0 Å². The number of fused-ring (bicyclic) bond motifs is 9. The fourth-order valence-electron chi connectivity index (χ4n) is 8.36. The fourth-order valence-corrected chi connectivity index (χ4v) is 8.36. The van der Waals surface area contributed by atoms with Gasteiger partial charge < -0.3 is 14.0 Å². The molecule has 1 aliphatic carbocycles. The number of para-hydroxylation sites is 5. The van der Waals surface area contributed by atoms with Crippen LogP contribution in [0.4, 0.5) is 11.4 Å². The van der Waals surface area contributed by atoms with E-state index in [4.69, 9.17) is 0 Å². The summed E-state index contributed by atoms with van der Waals surface area (Å²) in [6.07, 6.45) is 9.15. The molecule has 10 rings (SSSR count). The summed E-state index contributed by atoms with van der Waals surface area (Å²) < 4.78 is 4.90. The maximum atomic E-state index is 2.57. The van der Waals surface area contributed by atoms with E-state index in [-0.39, 0.29) is 11.5 Å². The number of allylic oxidation sites excluding steroid dienone is 2. The average Bonchev–Trinajstić information content (AvgIpc) is 3.71. The quantitative estimate of drug-likeness (QED) is 0.200. The molecule has 2 unspecified atom stereocenters. The van der Waals surface area contributed by atoms with Gasteiger partial charge in [0, 0.05) is 38.8 Å². The Hall–Kier alpha value is -5.80. The van der Waals surface area contributed by atoms with Gasteiger partial charge >= 0.3 is 0 Å². The van der Waals surface area contributed by atoms with E-state index in [9.17, 15) is 0 Å². The molecule has 0 saturated heterocycles. The van der Waals surface area contributed by atoms with Crippen molar-refractivity contribution in [1.82, 2.24) is 9.13 Å². The Bertz CT molecular complexity index is 2340. The average molecular weight is 590 g/mol. The number of hydrogen-bond donors (Lipinski definition) is 0. The maximum absolute atomic E-state index is 2.57. The van der Waals surface area contributed by atoms with Crippen LogP contribution in [0.2, 0.25) is 0 Å². The molecule has 8 aromatic rings. The molecule has 3 heterocycles. The zero-order chi connectivity index (χ0) is 30.4. The summed E-state index contributed by atoms with van der Waals surface area (Å²) in [4.78, 5) is 2.57. The third-order valence-electron chi connectivity index (χ3n) is 10.3. The predicted molar refractivity (Wildman–Crippen MR) is 193 cm³/mol. The third kappa shape index (κ3) is 3.37. The highest BCUT2D eigenvalue weighted by atomic mass is 15.2. The molecule has 0 bridgehead atoms. The van der Waals surface area contributed by atoms with Crippen molar-refractivity contribution in [1.29, 1.82) is 0 Å². The minimum absolute atomic E-state index is 0.240. The highest BCUT2D eigenvalue weighted by molar-refractivity contribution is 6.10. The lowest BCUT2D eigenvalue weighted by Gasteiger charge is -2.39. The highest BCUT2D eigenvalue weighted by Gasteiger charge is 2.47. The van der Waals surface area contributed by atoms with Gasteiger partial charge in [-0.25, -0.2) is 0 Å². The van der Waals surface area contributed by atoms with E-state index < -0.39 is 0 Å². The van der Waals surface area contributed by atoms with Gasteiger partial charge in [0.1, 0.15) is 0 Å². The Morgan fingerprint density at radius 3 is 1.43 bits per heavy atom. The van der Waals surface area contributed by atoms with Crippen molar-refractivity contribution < 1.29 is 0 Å². The summed E-state index contributed by atoms with van der Waals surface area (Å²) in [7, 11) is 0. The second-order valence-corrected chi connectivity index (χ2v) is 12.8. The topological polar surface area (TPSA) is 13.1 Å². The van der Waals surface area contributed by atoms with Gasteiger partial charge in [-0.3, -0.25) is 0 Å². The van der Waals surface area contributed by atoms with E-state index in [2.05, 4.69) is 185 Å². The lowest BCUT2D eigenvalue weighted by Crippen LogP contribution is -2.42. The zero-order valence-corrected chi connectivity index (χ0v) is 25.5. The van der Waals surface area contributed by atoms with Gasteiger partial charge in [-0.05, 0) is 61.0 Å². The largest absolute Gasteiger partial charge is 0.331 e. The molecule has 0 amide bonds. The second-order valence-electron chi connectivity index (χ2n) is 12.8. The molecular weight excluding hydrogens is 558 g/mol. The van der Waals surface area contributed by atoms with E-state index in [1.807, 2.05) is 0 Å². The molecule has 2 aliphatic rings. The van der Waals surface area contributed by atoms with E-state index in [1.165, 1.54) is 60.5 Å². The van der Waals surface area contributed by atoms with Gasteiger partial charge in [-0.2, -0.15) is 0 Å². The number of rotatable bonds is 3. The Labute approximate surface area is 267 Å². The van der Waals surface area contributed by atoms with Crippen molar-refractivity contribution >= 4 is 55.0 Å². The lowest BCUT2D eigenvalue weighted by molar-refractivity contribution is 0.542. The summed E-state index contributed by atoms with van der Waals surface area (Å²) in [6, 6.07) is 51.2. The maximum Gasteiger partial charge on any atom is 0.0712 e. The standard InChI is InChI=1S/C43H31N3/c1-43-25-13-12-19-37(43)36-18-6-11-24-42(36)46(43)31-27-29(44-38-20-7-2-14-32(38)33-15-3-8-21-39(33)44)26-30(28-31)45-40-22-9-4-16-34(40)35-17-5-10-23-41(35)45/h2-28,37H,1H3. The summed E-state index contributed by atoms with van der Waals surface area (Å²) in [6.45, 7) is 2.38. The SMILES string of the molecule is CC12C=CC=CC1c1ccccc1N2c1cc(-n2c3ccccc3c3ccccc32)cc(-n2c3ccccc3c3ccccc32)c1. The van der Waals surface area contributed by atoms with Crippen LogP contribution in [0.15, 0.2) is 164 Å². The van der Waals surface area contributed by atoms with Crippen molar-refractivity contribution in [2.75, 3.05) is 4.90 Å². The normalized spacial score (nSPS) is 18.6. The molecule has 3 heteroatoms. The lowest BCUT2D eigenvalue weighted by atomic mass is 9.80. The Morgan fingerprint density at radius 2 is 0.913 bits per heavy atom. The van der Waals surface area contributed by atoms with Crippen molar-refractivity contribution in [3.05, 3.63) is 169 Å². The van der Waals surface area contributed by atoms with Gasteiger partial charge in [-0.1, -0.05) is 115 Å². The van der Waals surface area contributed by atoms with Crippen molar-refractivity contribution in [2.45, 2.75) is 18.4 Å². The smallest absolute Gasteiger partial charge is 0.0712 e. The first-order valence-electron chi connectivity index (χ1n) is 16.1. The molecule has 1 aliphatic heterocycles. The Kier molecular flexibility index (Phi) is 5.19. The van der Waals surface area contributed by atoms with Crippen LogP contribution in [0.5, 0.6) is 0 Å². The van der Waals surface area contributed by atoms with Crippen molar-refractivity contribution in [2.24, 2.45) is 0 Å². The predicted octanol–water partition coefficient (Wildman–Crippen LogP) is 11.0. The third-order valence-corrected chi connectivity index (χ3v) is 10.3. The summed E-state index contributed by atoms with van der Waals surface area (Å²) in [5.74, 6) is 0.266. The minimum atomic E-state index is -0.240. The van der Waals surface area contributed by atoms with E-state index >= 15 is 0 Å². The van der Waals surface area contributed by atoms with Crippen LogP contribution in [-0.4, -0.2) is 14.7 Å². The summed E-state index contributed by atoms with van der Waals surface area (Å²) in [5.41, 5.74) is 10.7.